The lowest BCUT2D eigenvalue weighted by atomic mass is 10.1. The number of ether oxygens (including phenoxy) is 1. The van der Waals surface area contributed by atoms with Crippen molar-refractivity contribution in [1.29, 1.82) is 0 Å². The second-order valence-electron chi connectivity index (χ2n) is 8.81. The monoisotopic (exact) mass is 550 g/mol. The predicted octanol–water partition coefficient (Wildman–Crippen LogP) is 3.57. The fourth-order valence-corrected chi connectivity index (χ4v) is 4.66. The number of hydrogen-bond acceptors (Lipinski definition) is 8. The number of amides is 2. The van der Waals surface area contributed by atoms with Gasteiger partial charge in [-0.15, -0.1) is 0 Å². The standard InChI is InChI=1S/C24H22ClF3N6O4/c25-17-9-18-22(32-21(17)13-1-4-29-19(7-13)24(26,27)28)34(15-3-6-33(18)10-15)23(37)31-14-2-5-30-20(8-14)38-12-16(36)11-35/h1-2,4-5,7-9,15-16,35-36H,3,6,10-12H2,(H,30,31,37)/t15-,16?/m0/s1. The summed E-state index contributed by atoms with van der Waals surface area (Å²) in [6, 6.07) is 6.15. The van der Waals surface area contributed by atoms with E-state index in [0.717, 1.165) is 12.3 Å². The van der Waals surface area contributed by atoms with Gasteiger partial charge in [0.25, 0.3) is 0 Å². The number of aliphatic hydroxyl groups is 2. The van der Waals surface area contributed by atoms with Gasteiger partial charge in [0.05, 0.1) is 29.1 Å². The van der Waals surface area contributed by atoms with Crippen molar-refractivity contribution in [3.8, 4) is 17.1 Å². The van der Waals surface area contributed by atoms with Gasteiger partial charge in [-0.3, -0.25) is 9.88 Å². The molecular formula is C24H22ClF3N6O4. The third kappa shape index (κ3) is 5.17. The van der Waals surface area contributed by atoms with Crippen molar-refractivity contribution >= 4 is 34.8 Å². The van der Waals surface area contributed by atoms with Crippen LogP contribution in [-0.4, -0.2) is 69.6 Å². The third-order valence-corrected chi connectivity index (χ3v) is 6.49. The molecule has 0 spiro atoms. The van der Waals surface area contributed by atoms with Crippen molar-refractivity contribution in [2.45, 2.75) is 24.7 Å². The normalized spacial score (nSPS) is 17.3. The molecule has 2 bridgehead atoms. The second kappa shape index (κ2) is 10.2. The maximum Gasteiger partial charge on any atom is 0.433 e. The van der Waals surface area contributed by atoms with Gasteiger partial charge in [0.2, 0.25) is 5.88 Å². The first-order valence-electron chi connectivity index (χ1n) is 11.6. The van der Waals surface area contributed by atoms with Crippen LogP contribution in [0.15, 0.2) is 42.7 Å². The van der Waals surface area contributed by atoms with Gasteiger partial charge < -0.3 is 25.2 Å². The van der Waals surface area contributed by atoms with Crippen LogP contribution in [0.1, 0.15) is 12.1 Å². The zero-order valence-electron chi connectivity index (χ0n) is 19.7. The predicted molar refractivity (Wildman–Crippen MR) is 132 cm³/mol. The number of halogens is 4. The van der Waals surface area contributed by atoms with Crippen molar-refractivity contribution in [1.82, 2.24) is 15.0 Å². The van der Waals surface area contributed by atoms with E-state index in [2.05, 4.69) is 20.3 Å². The first kappa shape index (κ1) is 25.9. The molecule has 5 rings (SSSR count). The van der Waals surface area contributed by atoms with Crippen LogP contribution in [-0.2, 0) is 6.18 Å². The molecule has 2 aliphatic rings. The molecule has 3 aromatic heterocycles. The van der Waals surface area contributed by atoms with Crippen molar-refractivity contribution in [3.63, 3.8) is 0 Å². The summed E-state index contributed by atoms with van der Waals surface area (Å²) in [5, 5.41) is 21.3. The summed E-state index contributed by atoms with van der Waals surface area (Å²) in [5.74, 6) is 0.407. The highest BCUT2D eigenvalue weighted by Gasteiger charge is 2.41. The zero-order valence-corrected chi connectivity index (χ0v) is 20.4. The average molecular weight is 551 g/mol. The maximum atomic E-state index is 13.5. The number of fused-ring (bicyclic) bond motifs is 4. The maximum absolute atomic E-state index is 13.5. The molecule has 3 N–H and O–H groups in total. The molecule has 10 nitrogen and oxygen atoms in total. The van der Waals surface area contributed by atoms with Crippen LogP contribution in [0.2, 0.25) is 5.02 Å². The lowest BCUT2D eigenvalue weighted by molar-refractivity contribution is -0.141. The number of aromatic nitrogens is 3. The molecule has 0 aliphatic carbocycles. The number of nitrogens with zero attached hydrogens (tertiary/aromatic N) is 5. The molecule has 3 aromatic rings. The SMILES string of the molecule is O=C(Nc1ccnc(OCC(O)CO)c1)N1c2nc(-c3ccnc(C(F)(F)F)c3)c(Cl)cc2N2CC[C@H]1C2. The fraction of sp³-hybridized carbons (Fsp3) is 0.333. The van der Waals surface area contributed by atoms with E-state index in [0.29, 0.717) is 30.9 Å². The van der Waals surface area contributed by atoms with Crippen molar-refractivity contribution in [2.75, 3.05) is 41.4 Å². The van der Waals surface area contributed by atoms with Crippen LogP contribution < -0.4 is 19.9 Å². The highest BCUT2D eigenvalue weighted by Crippen LogP contribution is 2.43. The summed E-state index contributed by atoms with van der Waals surface area (Å²) in [6.45, 7) is 0.553. The molecule has 0 saturated carbocycles. The number of nitrogens with one attached hydrogen (secondary N) is 1. The Morgan fingerprint density at radius 3 is 2.79 bits per heavy atom. The Kier molecular flexibility index (Phi) is 6.99. The summed E-state index contributed by atoms with van der Waals surface area (Å²) in [5.41, 5.74) is 0.101. The highest BCUT2D eigenvalue weighted by atomic mass is 35.5. The van der Waals surface area contributed by atoms with Gasteiger partial charge in [0.15, 0.2) is 5.82 Å². The quantitative estimate of drug-likeness (QED) is 0.425. The molecule has 0 aromatic carbocycles. The van der Waals surface area contributed by atoms with Crippen LogP contribution in [0.3, 0.4) is 0 Å². The number of alkyl halides is 3. The Morgan fingerprint density at radius 2 is 2.03 bits per heavy atom. The molecule has 2 atom stereocenters. The molecule has 200 valence electrons. The topological polar surface area (TPSA) is 124 Å². The van der Waals surface area contributed by atoms with E-state index in [1.54, 1.807) is 12.1 Å². The molecule has 1 unspecified atom stereocenters. The van der Waals surface area contributed by atoms with Crippen LogP contribution >= 0.6 is 11.6 Å². The van der Waals surface area contributed by atoms with Gasteiger partial charge in [0.1, 0.15) is 18.4 Å². The molecule has 5 heterocycles. The molecule has 1 fully saturated rings. The first-order chi connectivity index (χ1) is 18.1. The van der Waals surface area contributed by atoms with Crippen molar-refractivity contribution < 1.29 is 32.9 Å². The third-order valence-electron chi connectivity index (χ3n) is 6.20. The number of urea groups is 1. The summed E-state index contributed by atoms with van der Waals surface area (Å²) in [4.78, 5) is 29.0. The fourth-order valence-electron chi connectivity index (χ4n) is 4.41. The molecule has 2 amide bonds. The minimum atomic E-state index is -4.64. The minimum absolute atomic E-state index is 0.0978. The number of carbonyl (C=O) groups is 1. The first-order valence-corrected chi connectivity index (χ1v) is 12.0. The van der Waals surface area contributed by atoms with Gasteiger partial charge in [-0.25, -0.2) is 14.8 Å². The Hall–Kier alpha value is -3.68. The van der Waals surface area contributed by atoms with E-state index in [9.17, 15) is 23.1 Å². The number of carbonyl (C=O) groups excluding carboxylic acids is 1. The van der Waals surface area contributed by atoms with Gasteiger partial charge in [-0.1, -0.05) is 11.6 Å². The van der Waals surface area contributed by atoms with Crippen LogP contribution in [0.4, 0.5) is 35.2 Å². The van der Waals surface area contributed by atoms with E-state index >= 15 is 0 Å². The minimum Gasteiger partial charge on any atom is -0.475 e. The van der Waals surface area contributed by atoms with Gasteiger partial charge >= 0.3 is 12.2 Å². The second-order valence-corrected chi connectivity index (χ2v) is 9.22. The Bertz CT molecular complexity index is 1360. The Morgan fingerprint density at radius 1 is 1.24 bits per heavy atom. The molecule has 0 radical (unpaired) electrons. The van der Waals surface area contributed by atoms with Crippen LogP contribution in [0.5, 0.6) is 5.88 Å². The molecular weight excluding hydrogens is 529 g/mol. The van der Waals surface area contributed by atoms with Crippen LogP contribution in [0, 0.1) is 0 Å². The Labute approximate surface area is 219 Å². The van der Waals surface area contributed by atoms with Gasteiger partial charge in [-0.05, 0) is 30.7 Å². The number of pyridine rings is 3. The highest BCUT2D eigenvalue weighted by molar-refractivity contribution is 6.33. The molecule has 2 aliphatic heterocycles. The number of hydrogen-bond donors (Lipinski definition) is 3. The smallest absolute Gasteiger partial charge is 0.433 e. The van der Waals surface area contributed by atoms with Gasteiger partial charge in [-0.2, -0.15) is 13.2 Å². The largest absolute Gasteiger partial charge is 0.475 e. The van der Waals surface area contributed by atoms with E-state index in [-0.39, 0.29) is 40.6 Å². The summed E-state index contributed by atoms with van der Waals surface area (Å²) >= 11 is 6.47. The summed E-state index contributed by atoms with van der Waals surface area (Å²) in [7, 11) is 0. The van der Waals surface area contributed by atoms with Gasteiger partial charge in [0, 0.05) is 42.8 Å². The molecule has 1 saturated heterocycles. The molecule has 38 heavy (non-hydrogen) atoms. The summed E-state index contributed by atoms with van der Waals surface area (Å²) < 4.78 is 45.1. The number of aliphatic hydroxyl groups excluding tert-OH is 2. The van der Waals surface area contributed by atoms with E-state index in [1.165, 1.54) is 23.2 Å². The number of rotatable bonds is 6. The van der Waals surface area contributed by atoms with Crippen molar-refractivity contribution in [3.05, 3.63) is 53.4 Å². The van der Waals surface area contributed by atoms with Crippen molar-refractivity contribution in [2.24, 2.45) is 0 Å². The number of anilines is 3. The lowest BCUT2D eigenvalue weighted by Crippen LogP contribution is -2.48. The van der Waals surface area contributed by atoms with E-state index < -0.39 is 30.6 Å². The zero-order chi connectivity index (χ0) is 27.0. The average Bonchev–Trinajstić information content (AvgIpc) is 3.31. The van der Waals surface area contributed by atoms with E-state index in [4.69, 9.17) is 21.4 Å². The van der Waals surface area contributed by atoms with Crippen LogP contribution in [0.25, 0.3) is 11.3 Å². The Balaban J connectivity index is 1.46. The molecule has 14 heteroatoms. The summed E-state index contributed by atoms with van der Waals surface area (Å²) in [6.07, 6.45) is -2.61. The lowest BCUT2D eigenvalue weighted by Gasteiger charge is -2.36. The van der Waals surface area contributed by atoms with E-state index in [1.807, 2.05) is 4.90 Å².